The lowest BCUT2D eigenvalue weighted by Gasteiger charge is -2.02. The maximum atomic E-state index is 6.89. The van der Waals surface area contributed by atoms with E-state index in [2.05, 4.69) is 4.98 Å². The third-order valence-corrected chi connectivity index (χ3v) is 1.41. The molecule has 1 aromatic rings. The minimum Gasteiger partial charge on any atom is -0.323 e. The van der Waals surface area contributed by atoms with E-state index >= 15 is 0 Å². The van der Waals surface area contributed by atoms with E-state index in [4.69, 9.17) is 11.1 Å². The second kappa shape index (κ2) is 3.83. The summed E-state index contributed by atoms with van der Waals surface area (Å²) >= 11 is 0. The van der Waals surface area contributed by atoms with Crippen LogP contribution in [0.1, 0.15) is 5.56 Å². The first kappa shape index (κ1) is 7.88. The molecular formula is C8H11N3. The van der Waals surface area contributed by atoms with E-state index in [1.165, 1.54) is 6.21 Å². The molecule has 0 saturated carbocycles. The largest absolute Gasteiger partial charge is 0.323 e. The Kier molecular flexibility index (Phi) is 2.74. The van der Waals surface area contributed by atoms with Crippen molar-refractivity contribution in [2.45, 2.75) is 12.5 Å². The number of pyridine rings is 1. The summed E-state index contributed by atoms with van der Waals surface area (Å²) < 4.78 is 0. The first-order valence-corrected chi connectivity index (χ1v) is 3.48. The highest BCUT2D eigenvalue weighted by Crippen LogP contribution is 1.97. The lowest BCUT2D eigenvalue weighted by atomic mass is 10.1. The predicted octanol–water partition coefficient (Wildman–Crippen LogP) is 0.601. The zero-order chi connectivity index (χ0) is 8.10. The van der Waals surface area contributed by atoms with Gasteiger partial charge in [-0.25, -0.2) is 0 Å². The number of nitrogens with one attached hydrogen (secondary N) is 1. The van der Waals surface area contributed by atoms with E-state index in [0.29, 0.717) is 6.42 Å². The molecule has 0 radical (unpaired) electrons. The van der Waals surface area contributed by atoms with Crippen molar-refractivity contribution < 1.29 is 0 Å². The van der Waals surface area contributed by atoms with Crippen LogP contribution in [0, 0.1) is 5.41 Å². The number of nitrogens with two attached hydrogens (primary N) is 1. The van der Waals surface area contributed by atoms with Gasteiger partial charge in [-0.2, -0.15) is 0 Å². The zero-order valence-corrected chi connectivity index (χ0v) is 6.20. The SMILES string of the molecule is N=CC(N)Cc1cccnc1. The Morgan fingerprint density at radius 2 is 2.55 bits per heavy atom. The van der Waals surface area contributed by atoms with E-state index in [1.54, 1.807) is 12.4 Å². The van der Waals surface area contributed by atoms with Gasteiger partial charge in [-0.1, -0.05) is 6.07 Å². The van der Waals surface area contributed by atoms with Gasteiger partial charge in [0.1, 0.15) is 0 Å². The quantitative estimate of drug-likeness (QED) is 0.618. The Bertz CT molecular complexity index is 220. The third kappa shape index (κ3) is 2.47. The van der Waals surface area contributed by atoms with Gasteiger partial charge in [0.05, 0.1) is 0 Å². The average Bonchev–Trinajstić information content (AvgIpc) is 2.06. The van der Waals surface area contributed by atoms with Crippen molar-refractivity contribution in [2.24, 2.45) is 5.73 Å². The highest BCUT2D eigenvalue weighted by atomic mass is 14.7. The Labute approximate surface area is 65.8 Å². The fraction of sp³-hybridized carbons (Fsp3) is 0.250. The first-order chi connectivity index (χ1) is 5.33. The summed E-state index contributed by atoms with van der Waals surface area (Å²) in [4.78, 5) is 3.94. The Balaban J connectivity index is 2.57. The number of nitrogens with zero attached hydrogens (tertiary/aromatic N) is 1. The molecule has 11 heavy (non-hydrogen) atoms. The first-order valence-electron chi connectivity index (χ1n) is 3.48. The van der Waals surface area contributed by atoms with Crippen LogP contribution >= 0.6 is 0 Å². The minimum absolute atomic E-state index is 0.181. The van der Waals surface area contributed by atoms with Crippen molar-refractivity contribution in [3.05, 3.63) is 30.1 Å². The molecule has 0 aliphatic carbocycles. The molecule has 0 aromatic carbocycles. The van der Waals surface area contributed by atoms with Crippen LogP contribution in [0.5, 0.6) is 0 Å². The standard InChI is InChI=1S/C8H11N3/c9-5-8(10)4-7-2-1-3-11-6-7/h1-3,5-6,8-9H,4,10H2. The molecule has 1 aromatic heterocycles. The average molecular weight is 149 g/mol. The molecule has 0 aliphatic rings. The lowest BCUT2D eigenvalue weighted by molar-refractivity contribution is 0.855. The van der Waals surface area contributed by atoms with Crippen LogP contribution in [0.4, 0.5) is 0 Å². The molecule has 3 heteroatoms. The van der Waals surface area contributed by atoms with E-state index < -0.39 is 0 Å². The Hall–Kier alpha value is -1.22. The molecule has 1 rings (SSSR count). The summed E-state index contributed by atoms with van der Waals surface area (Å²) in [6.45, 7) is 0. The summed E-state index contributed by atoms with van der Waals surface area (Å²) in [7, 11) is 0. The van der Waals surface area contributed by atoms with Crippen molar-refractivity contribution in [3.8, 4) is 0 Å². The van der Waals surface area contributed by atoms with Crippen LogP contribution in [-0.4, -0.2) is 17.2 Å². The molecule has 0 fully saturated rings. The summed E-state index contributed by atoms with van der Waals surface area (Å²) in [6.07, 6.45) is 5.42. The highest BCUT2D eigenvalue weighted by molar-refractivity contribution is 5.60. The van der Waals surface area contributed by atoms with Crippen molar-refractivity contribution in [2.75, 3.05) is 0 Å². The van der Waals surface area contributed by atoms with Crippen molar-refractivity contribution in [3.63, 3.8) is 0 Å². The van der Waals surface area contributed by atoms with Crippen LogP contribution in [-0.2, 0) is 6.42 Å². The van der Waals surface area contributed by atoms with E-state index in [0.717, 1.165) is 5.56 Å². The van der Waals surface area contributed by atoms with Gasteiger partial charge >= 0.3 is 0 Å². The lowest BCUT2D eigenvalue weighted by Crippen LogP contribution is -2.23. The van der Waals surface area contributed by atoms with Gasteiger partial charge in [0.15, 0.2) is 0 Å². The van der Waals surface area contributed by atoms with Gasteiger partial charge in [0.2, 0.25) is 0 Å². The van der Waals surface area contributed by atoms with Crippen LogP contribution < -0.4 is 5.73 Å². The molecule has 1 heterocycles. The van der Waals surface area contributed by atoms with Gasteiger partial charge < -0.3 is 11.1 Å². The fourth-order valence-electron chi connectivity index (χ4n) is 0.850. The molecule has 3 nitrogen and oxygen atoms in total. The van der Waals surface area contributed by atoms with Crippen LogP contribution in [0.15, 0.2) is 24.5 Å². The summed E-state index contributed by atoms with van der Waals surface area (Å²) in [6, 6.07) is 3.64. The molecule has 0 bridgehead atoms. The van der Waals surface area contributed by atoms with Crippen LogP contribution in [0.2, 0.25) is 0 Å². The number of rotatable bonds is 3. The number of aromatic nitrogens is 1. The zero-order valence-electron chi connectivity index (χ0n) is 6.20. The molecule has 0 aliphatic heterocycles. The van der Waals surface area contributed by atoms with Gasteiger partial charge in [-0.05, 0) is 18.1 Å². The molecule has 0 saturated heterocycles. The summed E-state index contributed by atoms with van der Waals surface area (Å²) in [5.74, 6) is 0. The highest BCUT2D eigenvalue weighted by Gasteiger charge is 1.98. The normalized spacial score (nSPS) is 12.5. The topological polar surface area (TPSA) is 62.8 Å². The van der Waals surface area contributed by atoms with Gasteiger partial charge in [0, 0.05) is 24.7 Å². The third-order valence-electron chi connectivity index (χ3n) is 1.41. The van der Waals surface area contributed by atoms with E-state index in [9.17, 15) is 0 Å². The molecule has 58 valence electrons. The predicted molar refractivity (Wildman–Crippen MR) is 44.7 cm³/mol. The Morgan fingerprint density at radius 1 is 1.73 bits per heavy atom. The van der Waals surface area contributed by atoms with E-state index in [1.807, 2.05) is 12.1 Å². The van der Waals surface area contributed by atoms with Crippen LogP contribution in [0.3, 0.4) is 0 Å². The summed E-state index contributed by atoms with van der Waals surface area (Å²) in [5.41, 5.74) is 6.61. The Morgan fingerprint density at radius 3 is 3.09 bits per heavy atom. The van der Waals surface area contributed by atoms with E-state index in [-0.39, 0.29) is 6.04 Å². The molecule has 3 N–H and O–H groups in total. The monoisotopic (exact) mass is 149 g/mol. The maximum Gasteiger partial charge on any atom is 0.0433 e. The van der Waals surface area contributed by atoms with Crippen molar-refractivity contribution in [1.29, 1.82) is 5.41 Å². The van der Waals surface area contributed by atoms with Crippen molar-refractivity contribution in [1.82, 2.24) is 4.98 Å². The van der Waals surface area contributed by atoms with Crippen molar-refractivity contribution >= 4 is 6.21 Å². The minimum atomic E-state index is -0.181. The van der Waals surface area contributed by atoms with Gasteiger partial charge in [-0.3, -0.25) is 4.98 Å². The smallest absolute Gasteiger partial charge is 0.0433 e. The molecule has 1 unspecified atom stereocenters. The second-order valence-electron chi connectivity index (χ2n) is 2.40. The molecular weight excluding hydrogens is 138 g/mol. The second-order valence-corrected chi connectivity index (χ2v) is 2.40. The van der Waals surface area contributed by atoms with Crippen LogP contribution in [0.25, 0.3) is 0 Å². The molecule has 1 atom stereocenters. The molecule has 0 amide bonds. The molecule has 0 spiro atoms. The fourth-order valence-corrected chi connectivity index (χ4v) is 0.850. The summed E-state index contributed by atoms with van der Waals surface area (Å²) in [5, 5.41) is 6.89. The number of hydrogen-bond acceptors (Lipinski definition) is 3. The number of hydrogen-bond donors (Lipinski definition) is 2. The van der Waals surface area contributed by atoms with Gasteiger partial charge in [0.25, 0.3) is 0 Å². The maximum absolute atomic E-state index is 6.89. The van der Waals surface area contributed by atoms with Gasteiger partial charge in [-0.15, -0.1) is 0 Å².